The summed E-state index contributed by atoms with van der Waals surface area (Å²) in [4.78, 5) is 21.8. The Hall–Kier alpha value is -1.84. The van der Waals surface area contributed by atoms with Gasteiger partial charge in [0.2, 0.25) is 5.91 Å². The third-order valence-corrected chi connectivity index (χ3v) is 3.60. The van der Waals surface area contributed by atoms with E-state index in [-0.39, 0.29) is 24.3 Å². The Morgan fingerprint density at radius 3 is 2.23 bits per heavy atom. The number of hydrogen-bond donors (Lipinski definition) is 2. The van der Waals surface area contributed by atoms with Gasteiger partial charge < -0.3 is 10.4 Å². The summed E-state index contributed by atoms with van der Waals surface area (Å²) in [6, 6.07) is 8.67. The van der Waals surface area contributed by atoms with Crippen molar-refractivity contribution in [2.75, 3.05) is 6.54 Å². The van der Waals surface area contributed by atoms with Crippen molar-refractivity contribution < 1.29 is 14.7 Å². The standard InChI is InChI=1S/C18H27NO3/c1-18(2,3)15-10-8-14(9-11-15)6-4-5-7-16(20)19-13-12-17(21)22/h8-11H,4-7,12-13H2,1-3H3,(H,19,20)(H,21,22). The van der Waals surface area contributed by atoms with Gasteiger partial charge in [0.15, 0.2) is 0 Å². The normalized spacial score (nSPS) is 11.2. The summed E-state index contributed by atoms with van der Waals surface area (Å²) in [5, 5.41) is 11.1. The number of rotatable bonds is 8. The highest BCUT2D eigenvalue weighted by Gasteiger charge is 2.12. The van der Waals surface area contributed by atoms with Crippen LogP contribution < -0.4 is 5.32 Å². The Morgan fingerprint density at radius 2 is 1.68 bits per heavy atom. The zero-order valence-corrected chi connectivity index (χ0v) is 13.8. The average molecular weight is 305 g/mol. The van der Waals surface area contributed by atoms with Crippen LogP contribution in [0.4, 0.5) is 0 Å². The first kappa shape index (κ1) is 18.2. The van der Waals surface area contributed by atoms with Gasteiger partial charge in [-0.3, -0.25) is 9.59 Å². The van der Waals surface area contributed by atoms with Gasteiger partial charge in [0.05, 0.1) is 6.42 Å². The lowest BCUT2D eigenvalue weighted by atomic mass is 9.86. The molecule has 0 aliphatic carbocycles. The lowest BCUT2D eigenvalue weighted by Gasteiger charge is -2.19. The highest BCUT2D eigenvalue weighted by Crippen LogP contribution is 2.22. The van der Waals surface area contributed by atoms with E-state index in [1.54, 1.807) is 0 Å². The number of amides is 1. The number of aryl methyl sites for hydroxylation is 1. The number of carbonyl (C=O) groups excluding carboxylic acids is 1. The molecule has 1 rings (SSSR count). The zero-order chi connectivity index (χ0) is 16.6. The summed E-state index contributed by atoms with van der Waals surface area (Å²) in [7, 11) is 0. The first-order valence-corrected chi connectivity index (χ1v) is 7.87. The molecule has 0 fully saturated rings. The Kier molecular flexibility index (Phi) is 7.09. The van der Waals surface area contributed by atoms with Crippen molar-refractivity contribution in [3.05, 3.63) is 35.4 Å². The number of carbonyl (C=O) groups is 2. The number of aliphatic carboxylic acids is 1. The number of nitrogens with one attached hydrogen (secondary N) is 1. The molecule has 122 valence electrons. The van der Waals surface area contributed by atoms with Crippen molar-refractivity contribution in [3.63, 3.8) is 0 Å². The number of carboxylic acid groups (broad SMARTS) is 1. The van der Waals surface area contributed by atoms with Gasteiger partial charge in [-0.15, -0.1) is 0 Å². The van der Waals surface area contributed by atoms with E-state index >= 15 is 0 Å². The molecule has 22 heavy (non-hydrogen) atoms. The fourth-order valence-electron chi connectivity index (χ4n) is 2.18. The van der Waals surface area contributed by atoms with Gasteiger partial charge in [-0.2, -0.15) is 0 Å². The monoisotopic (exact) mass is 305 g/mol. The van der Waals surface area contributed by atoms with E-state index in [2.05, 4.69) is 50.4 Å². The summed E-state index contributed by atoms with van der Waals surface area (Å²) in [5.41, 5.74) is 2.79. The molecule has 0 aromatic heterocycles. The van der Waals surface area contributed by atoms with Crippen LogP contribution in [0.15, 0.2) is 24.3 Å². The fourth-order valence-corrected chi connectivity index (χ4v) is 2.18. The van der Waals surface area contributed by atoms with Gasteiger partial charge in [0.1, 0.15) is 0 Å². The highest BCUT2D eigenvalue weighted by atomic mass is 16.4. The molecule has 0 atom stereocenters. The van der Waals surface area contributed by atoms with Crippen LogP contribution in [0.2, 0.25) is 0 Å². The van der Waals surface area contributed by atoms with E-state index in [1.165, 1.54) is 11.1 Å². The second-order valence-corrected chi connectivity index (χ2v) is 6.65. The Balaban J connectivity index is 2.22. The molecule has 0 saturated carbocycles. The van der Waals surface area contributed by atoms with Crippen LogP contribution in [0.5, 0.6) is 0 Å². The molecule has 4 heteroatoms. The van der Waals surface area contributed by atoms with Crippen LogP contribution >= 0.6 is 0 Å². The molecule has 1 aromatic rings. The van der Waals surface area contributed by atoms with Gasteiger partial charge in [-0.25, -0.2) is 0 Å². The molecule has 0 unspecified atom stereocenters. The van der Waals surface area contributed by atoms with Crippen LogP contribution in [0.25, 0.3) is 0 Å². The molecule has 0 spiro atoms. The predicted octanol–water partition coefficient (Wildman–Crippen LogP) is 3.29. The van der Waals surface area contributed by atoms with Crippen molar-refractivity contribution in [2.24, 2.45) is 0 Å². The van der Waals surface area contributed by atoms with Crippen LogP contribution in [0, 0.1) is 0 Å². The van der Waals surface area contributed by atoms with Crippen molar-refractivity contribution in [2.45, 2.75) is 58.3 Å². The molecule has 0 saturated heterocycles. The number of unbranched alkanes of at least 4 members (excludes halogenated alkanes) is 1. The maximum absolute atomic E-state index is 11.5. The minimum Gasteiger partial charge on any atom is -0.481 e. The van der Waals surface area contributed by atoms with Gasteiger partial charge in [0, 0.05) is 13.0 Å². The summed E-state index contributed by atoms with van der Waals surface area (Å²) in [5.74, 6) is -0.955. The lowest BCUT2D eigenvalue weighted by Crippen LogP contribution is -2.25. The largest absolute Gasteiger partial charge is 0.481 e. The van der Waals surface area contributed by atoms with Crippen LogP contribution in [-0.4, -0.2) is 23.5 Å². The maximum Gasteiger partial charge on any atom is 0.305 e. The number of carboxylic acids is 1. The smallest absolute Gasteiger partial charge is 0.305 e. The van der Waals surface area contributed by atoms with Gasteiger partial charge >= 0.3 is 5.97 Å². The summed E-state index contributed by atoms with van der Waals surface area (Å²) in [6.45, 7) is 6.81. The molecule has 0 aliphatic heterocycles. The molecule has 2 N–H and O–H groups in total. The van der Waals surface area contributed by atoms with Crippen LogP contribution in [0.1, 0.15) is 57.6 Å². The Bertz CT molecular complexity index is 486. The Morgan fingerprint density at radius 1 is 1.05 bits per heavy atom. The molecule has 1 aromatic carbocycles. The van der Waals surface area contributed by atoms with E-state index in [0.29, 0.717) is 6.42 Å². The third-order valence-electron chi connectivity index (χ3n) is 3.60. The third kappa shape index (κ3) is 7.25. The first-order chi connectivity index (χ1) is 10.3. The van der Waals surface area contributed by atoms with Crippen molar-refractivity contribution in [1.82, 2.24) is 5.32 Å². The highest BCUT2D eigenvalue weighted by molar-refractivity contribution is 5.76. The van der Waals surface area contributed by atoms with E-state index in [1.807, 2.05) is 0 Å². The van der Waals surface area contributed by atoms with Crippen molar-refractivity contribution in [3.8, 4) is 0 Å². The summed E-state index contributed by atoms with van der Waals surface area (Å²) < 4.78 is 0. The van der Waals surface area contributed by atoms with E-state index < -0.39 is 5.97 Å². The number of hydrogen-bond acceptors (Lipinski definition) is 2. The molecule has 0 heterocycles. The maximum atomic E-state index is 11.5. The minimum absolute atomic E-state index is 0.0220. The molecule has 0 radical (unpaired) electrons. The summed E-state index contributed by atoms with van der Waals surface area (Å²) >= 11 is 0. The second-order valence-electron chi connectivity index (χ2n) is 6.65. The van der Waals surface area contributed by atoms with Crippen LogP contribution in [-0.2, 0) is 21.4 Å². The molecule has 0 aliphatic rings. The Labute approximate surface area is 132 Å². The van der Waals surface area contributed by atoms with E-state index in [4.69, 9.17) is 5.11 Å². The van der Waals surface area contributed by atoms with E-state index in [9.17, 15) is 9.59 Å². The predicted molar refractivity (Wildman–Crippen MR) is 88.0 cm³/mol. The zero-order valence-electron chi connectivity index (χ0n) is 13.8. The molecular formula is C18H27NO3. The second kappa shape index (κ2) is 8.57. The van der Waals surface area contributed by atoms with Gasteiger partial charge in [-0.1, -0.05) is 45.0 Å². The SMILES string of the molecule is CC(C)(C)c1ccc(CCCCC(=O)NCCC(=O)O)cc1. The van der Waals surface area contributed by atoms with E-state index in [0.717, 1.165) is 19.3 Å². The van der Waals surface area contributed by atoms with Gasteiger partial charge in [0.25, 0.3) is 0 Å². The lowest BCUT2D eigenvalue weighted by molar-refractivity contribution is -0.136. The summed E-state index contributed by atoms with van der Waals surface area (Å²) in [6.07, 6.45) is 3.18. The quantitative estimate of drug-likeness (QED) is 0.724. The fraction of sp³-hybridized carbons (Fsp3) is 0.556. The topological polar surface area (TPSA) is 66.4 Å². The number of benzene rings is 1. The first-order valence-electron chi connectivity index (χ1n) is 7.87. The minimum atomic E-state index is -0.890. The van der Waals surface area contributed by atoms with Crippen molar-refractivity contribution in [1.29, 1.82) is 0 Å². The average Bonchev–Trinajstić information content (AvgIpc) is 2.43. The van der Waals surface area contributed by atoms with Gasteiger partial charge in [-0.05, 0) is 35.8 Å². The van der Waals surface area contributed by atoms with Crippen LogP contribution in [0.3, 0.4) is 0 Å². The van der Waals surface area contributed by atoms with Crippen molar-refractivity contribution >= 4 is 11.9 Å². The molecule has 0 bridgehead atoms. The molecule has 1 amide bonds. The molecule has 4 nitrogen and oxygen atoms in total. The molecular weight excluding hydrogens is 278 g/mol.